The number of hydrogen-bond acceptors (Lipinski definition) is 8. The lowest BCUT2D eigenvalue weighted by Gasteiger charge is -2.29. The Morgan fingerprint density at radius 2 is 1.92 bits per heavy atom. The number of aromatic nitrogens is 2. The molecular formula is C21H34N10O6. The van der Waals surface area contributed by atoms with Crippen LogP contribution < -0.4 is 33.6 Å². The Labute approximate surface area is 212 Å². The molecule has 0 bridgehead atoms. The van der Waals surface area contributed by atoms with E-state index in [0.29, 0.717) is 18.5 Å². The molecule has 1 fully saturated rings. The number of aliphatic imine (C=N–C) groups is 1. The minimum absolute atomic E-state index is 0.0626. The molecule has 0 spiro atoms. The number of aliphatic carboxylic acids is 1. The number of nitrogens with one attached hydrogen (secondary N) is 3. The van der Waals surface area contributed by atoms with E-state index in [-0.39, 0.29) is 38.3 Å². The number of imidazole rings is 1. The Morgan fingerprint density at radius 1 is 1.19 bits per heavy atom. The number of likely N-dealkylation sites (tertiary alicyclic amines) is 1. The lowest BCUT2D eigenvalue weighted by molar-refractivity contribution is -0.145. The molecule has 4 amide bonds. The highest BCUT2D eigenvalue weighted by molar-refractivity contribution is 5.96. The lowest BCUT2D eigenvalue weighted by Crippen LogP contribution is -2.57. The van der Waals surface area contributed by atoms with Crippen molar-refractivity contribution in [3.05, 3.63) is 18.2 Å². The van der Waals surface area contributed by atoms with Crippen molar-refractivity contribution >= 4 is 35.6 Å². The molecule has 4 unspecified atom stereocenters. The van der Waals surface area contributed by atoms with Gasteiger partial charge in [-0.15, -0.1) is 0 Å². The van der Waals surface area contributed by atoms with Crippen molar-refractivity contribution in [3.8, 4) is 0 Å². The van der Waals surface area contributed by atoms with Crippen LogP contribution in [0.15, 0.2) is 17.5 Å². The number of H-pyrrole nitrogens is 1. The summed E-state index contributed by atoms with van der Waals surface area (Å²) in [6.45, 7) is 0.359. The first kappa shape index (κ1) is 29.0. The van der Waals surface area contributed by atoms with Crippen LogP contribution in [-0.2, 0) is 30.4 Å². The van der Waals surface area contributed by atoms with Gasteiger partial charge in [-0.25, -0.2) is 9.78 Å². The van der Waals surface area contributed by atoms with Crippen molar-refractivity contribution in [2.75, 3.05) is 13.1 Å². The second-order valence-corrected chi connectivity index (χ2v) is 8.66. The second-order valence-electron chi connectivity index (χ2n) is 8.66. The van der Waals surface area contributed by atoms with Gasteiger partial charge in [-0.2, -0.15) is 0 Å². The van der Waals surface area contributed by atoms with Gasteiger partial charge in [0, 0.05) is 31.4 Å². The third-order valence-corrected chi connectivity index (χ3v) is 5.75. The molecule has 1 aliphatic rings. The van der Waals surface area contributed by atoms with E-state index >= 15 is 0 Å². The van der Waals surface area contributed by atoms with Crippen molar-refractivity contribution in [1.29, 1.82) is 0 Å². The highest BCUT2D eigenvalue weighted by atomic mass is 16.4. The molecule has 0 radical (unpaired) electrons. The van der Waals surface area contributed by atoms with E-state index in [2.05, 4.69) is 25.6 Å². The summed E-state index contributed by atoms with van der Waals surface area (Å²) in [6.07, 6.45) is 3.62. The molecule has 1 saturated heterocycles. The number of guanidine groups is 1. The normalized spacial score (nSPS) is 17.3. The molecule has 37 heavy (non-hydrogen) atoms. The molecule has 12 N–H and O–H groups in total. The molecule has 0 aromatic carbocycles. The van der Waals surface area contributed by atoms with Crippen LogP contribution in [0, 0.1) is 0 Å². The molecule has 1 aromatic heterocycles. The first-order valence-electron chi connectivity index (χ1n) is 11.7. The third-order valence-electron chi connectivity index (χ3n) is 5.75. The third kappa shape index (κ3) is 9.06. The second kappa shape index (κ2) is 13.8. The van der Waals surface area contributed by atoms with Crippen LogP contribution in [-0.4, -0.2) is 92.8 Å². The maximum Gasteiger partial charge on any atom is 0.326 e. The quantitative estimate of drug-likeness (QED) is 0.0671. The van der Waals surface area contributed by atoms with Crippen molar-refractivity contribution in [1.82, 2.24) is 25.5 Å². The van der Waals surface area contributed by atoms with Crippen LogP contribution in [0.2, 0.25) is 0 Å². The number of carboxylic acid groups (broad SMARTS) is 1. The number of aromatic amines is 1. The van der Waals surface area contributed by atoms with Crippen molar-refractivity contribution in [3.63, 3.8) is 0 Å². The summed E-state index contributed by atoms with van der Waals surface area (Å²) >= 11 is 0. The number of rotatable bonds is 14. The number of nitrogens with two attached hydrogens (primary N) is 4. The first-order valence-corrected chi connectivity index (χ1v) is 11.7. The molecular weight excluding hydrogens is 488 g/mol. The predicted molar refractivity (Wildman–Crippen MR) is 130 cm³/mol. The number of primary amides is 1. The highest BCUT2D eigenvalue weighted by Crippen LogP contribution is 2.20. The standard InChI is InChI=1S/C21H34N10O6/c22-12(7-11-9-26-10-28-11)17(33)30-14(8-16(23)32)19(35)31-6-2-4-15(31)18(34)29-13(20(36)37)3-1-5-27-21(24)25/h9-10,12-15H,1-8,22H2,(H2,23,32)(H,26,28)(H,29,34)(H,30,33)(H,36,37)(H4,24,25,27). The largest absolute Gasteiger partial charge is 0.480 e. The van der Waals surface area contributed by atoms with E-state index < -0.39 is 60.2 Å². The molecule has 204 valence electrons. The van der Waals surface area contributed by atoms with Gasteiger partial charge < -0.3 is 48.6 Å². The molecule has 2 rings (SSSR count). The fourth-order valence-corrected chi connectivity index (χ4v) is 3.94. The van der Waals surface area contributed by atoms with E-state index in [1.807, 2.05) is 0 Å². The van der Waals surface area contributed by atoms with Gasteiger partial charge in [0.1, 0.15) is 18.1 Å². The molecule has 4 atom stereocenters. The van der Waals surface area contributed by atoms with Gasteiger partial charge in [0.05, 0.1) is 18.8 Å². The Kier molecular flexibility index (Phi) is 10.8. The van der Waals surface area contributed by atoms with Gasteiger partial charge in [-0.3, -0.25) is 24.2 Å². The highest BCUT2D eigenvalue weighted by Gasteiger charge is 2.39. The van der Waals surface area contributed by atoms with Crippen molar-refractivity contribution in [2.24, 2.45) is 27.9 Å². The Hall–Kier alpha value is -4.21. The number of nitrogens with zero attached hydrogens (tertiary/aromatic N) is 3. The van der Waals surface area contributed by atoms with E-state index in [1.54, 1.807) is 0 Å². The summed E-state index contributed by atoms with van der Waals surface area (Å²) in [7, 11) is 0. The zero-order valence-electron chi connectivity index (χ0n) is 20.3. The molecule has 1 aromatic rings. The van der Waals surface area contributed by atoms with Crippen molar-refractivity contribution in [2.45, 2.75) is 62.7 Å². The van der Waals surface area contributed by atoms with Gasteiger partial charge in [-0.1, -0.05) is 0 Å². The van der Waals surface area contributed by atoms with Crippen LogP contribution in [0.5, 0.6) is 0 Å². The number of carbonyl (C=O) groups excluding carboxylic acids is 4. The number of carbonyl (C=O) groups is 5. The minimum atomic E-state index is -1.35. The smallest absolute Gasteiger partial charge is 0.326 e. The van der Waals surface area contributed by atoms with Gasteiger partial charge in [0.25, 0.3) is 0 Å². The van der Waals surface area contributed by atoms with Crippen LogP contribution in [0.1, 0.15) is 37.8 Å². The van der Waals surface area contributed by atoms with E-state index in [1.165, 1.54) is 17.4 Å². The van der Waals surface area contributed by atoms with Crippen molar-refractivity contribution < 1.29 is 29.1 Å². The lowest BCUT2D eigenvalue weighted by atomic mass is 10.1. The van der Waals surface area contributed by atoms with Gasteiger partial charge in [-0.05, 0) is 25.7 Å². The summed E-state index contributed by atoms with van der Waals surface area (Å²) in [5.74, 6) is -4.28. The number of carboxylic acids is 1. The van der Waals surface area contributed by atoms with Crippen LogP contribution in [0.25, 0.3) is 0 Å². The van der Waals surface area contributed by atoms with Gasteiger partial charge in [0.15, 0.2) is 5.96 Å². The Bertz CT molecular complexity index is 994. The first-order chi connectivity index (χ1) is 17.5. The molecule has 16 nitrogen and oxygen atoms in total. The zero-order valence-corrected chi connectivity index (χ0v) is 20.3. The Morgan fingerprint density at radius 3 is 2.51 bits per heavy atom. The molecule has 1 aliphatic heterocycles. The van der Waals surface area contributed by atoms with Gasteiger partial charge in [0.2, 0.25) is 23.6 Å². The predicted octanol–water partition coefficient (Wildman–Crippen LogP) is -3.75. The monoisotopic (exact) mass is 522 g/mol. The summed E-state index contributed by atoms with van der Waals surface area (Å²) in [6, 6.07) is -4.60. The SMILES string of the molecule is NC(=O)CC(NC(=O)C(N)Cc1cnc[nH]1)C(=O)N1CCCC1C(=O)NC(CCCN=C(N)N)C(=O)O. The minimum Gasteiger partial charge on any atom is -0.480 e. The average Bonchev–Trinajstić information content (AvgIpc) is 3.51. The maximum atomic E-state index is 13.3. The fourth-order valence-electron chi connectivity index (χ4n) is 3.94. The van der Waals surface area contributed by atoms with E-state index in [4.69, 9.17) is 22.9 Å². The summed E-state index contributed by atoms with van der Waals surface area (Å²) in [5.41, 5.74) is 22.3. The van der Waals surface area contributed by atoms with E-state index in [9.17, 15) is 29.1 Å². The molecule has 0 aliphatic carbocycles. The summed E-state index contributed by atoms with van der Waals surface area (Å²) in [4.78, 5) is 73.7. The van der Waals surface area contributed by atoms with Gasteiger partial charge >= 0.3 is 5.97 Å². The molecule has 2 heterocycles. The molecule has 0 saturated carbocycles. The number of hydrogen-bond donors (Lipinski definition) is 8. The zero-order chi connectivity index (χ0) is 27.5. The fraction of sp³-hybridized carbons (Fsp3) is 0.571. The number of amides is 4. The van der Waals surface area contributed by atoms with Crippen LogP contribution in [0.4, 0.5) is 0 Å². The maximum absolute atomic E-state index is 13.3. The topological polar surface area (TPSA) is 278 Å². The van der Waals surface area contributed by atoms with Crippen LogP contribution in [0.3, 0.4) is 0 Å². The van der Waals surface area contributed by atoms with E-state index in [0.717, 1.165) is 0 Å². The molecule has 16 heteroatoms. The summed E-state index contributed by atoms with van der Waals surface area (Å²) in [5, 5.41) is 14.4. The average molecular weight is 523 g/mol. The van der Waals surface area contributed by atoms with Crippen LogP contribution >= 0.6 is 0 Å². The summed E-state index contributed by atoms with van der Waals surface area (Å²) < 4.78 is 0. The Balaban J connectivity index is 2.05.